The lowest BCUT2D eigenvalue weighted by molar-refractivity contribution is -0.150. The van der Waals surface area contributed by atoms with Gasteiger partial charge in [-0.2, -0.15) is 0 Å². The van der Waals surface area contributed by atoms with Crippen molar-refractivity contribution in [3.05, 3.63) is 35.6 Å². The fraction of sp³-hybridized carbons (Fsp3) is 0.421. The Morgan fingerprint density at radius 3 is 2.52 bits per heavy atom. The van der Waals surface area contributed by atoms with E-state index in [4.69, 9.17) is 4.74 Å². The zero-order valence-electron chi connectivity index (χ0n) is 14.9. The normalized spacial score (nSPS) is 20.6. The molecule has 1 atom stereocenters. The van der Waals surface area contributed by atoms with Crippen LogP contribution in [0.5, 0.6) is 5.75 Å². The van der Waals surface area contributed by atoms with Crippen LogP contribution in [0.25, 0.3) is 0 Å². The fourth-order valence-electron chi connectivity index (χ4n) is 3.13. The highest BCUT2D eigenvalue weighted by atomic mass is 16.5. The number of phenols is 1. The molecule has 6 nitrogen and oxygen atoms in total. The Hall–Kier alpha value is -2.63. The van der Waals surface area contributed by atoms with Gasteiger partial charge in [-0.1, -0.05) is 32.9 Å². The van der Waals surface area contributed by atoms with Gasteiger partial charge in [-0.05, 0) is 24.0 Å². The van der Waals surface area contributed by atoms with Crippen LogP contribution in [0, 0.1) is 11.3 Å². The molecule has 1 aliphatic rings. The molecule has 0 saturated heterocycles. The third-order valence-electron chi connectivity index (χ3n) is 4.40. The molecule has 0 heterocycles. The first kappa shape index (κ1) is 18.7. The van der Waals surface area contributed by atoms with Crippen molar-refractivity contribution in [1.82, 2.24) is 0 Å². The van der Waals surface area contributed by atoms with Gasteiger partial charge in [0.1, 0.15) is 23.1 Å². The maximum Gasteiger partial charge on any atom is 0.316 e. The molecule has 0 aliphatic heterocycles. The van der Waals surface area contributed by atoms with Crippen molar-refractivity contribution in [2.45, 2.75) is 33.6 Å². The monoisotopic (exact) mass is 345 g/mol. The Morgan fingerprint density at radius 2 is 1.96 bits per heavy atom. The summed E-state index contributed by atoms with van der Waals surface area (Å²) >= 11 is 0. The van der Waals surface area contributed by atoms with Gasteiger partial charge in [-0.15, -0.1) is 0 Å². The number of aromatic hydroxyl groups is 1. The summed E-state index contributed by atoms with van der Waals surface area (Å²) in [5.74, 6) is -2.15. The van der Waals surface area contributed by atoms with E-state index in [1.165, 1.54) is 13.2 Å². The largest absolute Gasteiger partial charge is 0.511 e. The van der Waals surface area contributed by atoms with Gasteiger partial charge in [0.15, 0.2) is 5.78 Å². The molecule has 1 aliphatic carbocycles. The summed E-state index contributed by atoms with van der Waals surface area (Å²) in [7, 11) is 1.25. The summed E-state index contributed by atoms with van der Waals surface area (Å²) < 4.78 is 4.81. The standard InChI is InChI=1S/C19H23NO5/c1-5-11(20-12-8-6-7-9-13(12)21)15-14(22)10-19(2,3)16(17(15)23)18(24)25-4/h6-9,16,21,23H,5,10H2,1-4H3. The van der Waals surface area contributed by atoms with E-state index in [-0.39, 0.29) is 29.3 Å². The molecule has 0 bridgehead atoms. The van der Waals surface area contributed by atoms with Crippen LogP contribution in [0.2, 0.25) is 0 Å². The summed E-state index contributed by atoms with van der Waals surface area (Å²) in [4.78, 5) is 29.1. The second kappa shape index (κ2) is 7.09. The molecule has 134 valence electrons. The molecule has 2 rings (SSSR count). The minimum Gasteiger partial charge on any atom is -0.511 e. The summed E-state index contributed by atoms with van der Waals surface area (Å²) in [5, 5.41) is 20.6. The number of aliphatic imine (C=N–C) groups is 1. The van der Waals surface area contributed by atoms with E-state index < -0.39 is 17.3 Å². The number of ether oxygens (including phenoxy) is 1. The van der Waals surface area contributed by atoms with Crippen molar-refractivity contribution in [1.29, 1.82) is 0 Å². The Labute approximate surface area is 146 Å². The number of methoxy groups -OCH3 is 1. The number of phenolic OH excluding ortho intramolecular Hbond substituents is 1. The number of para-hydroxylation sites is 2. The zero-order valence-corrected chi connectivity index (χ0v) is 14.9. The first-order valence-electron chi connectivity index (χ1n) is 8.13. The number of aliphatic hydroxyl groups excluding tert-OH is 1. The van der Waals surface area contributed by atoms with Crippen molar-refractivity contribution in [3.63, 3.8) is 0 Å². The lowest BCUT2D eigenvalue weighted by atomic mass is 9.67. The van der Waals surface area contributed by atoms with Crippen molar-refractivity contribution in [2.75, 3.05) is 7.11 Å². The van der Waals surface area contributed by atoms with Crippen LogP contribution in [-0.4, -0.2) is 34.8 Å². The first-order chi connectivity index (χ1) is 11.7. The highest BCUT2D eigenvalue weighted by molar-refractivity contribution is 6.24. The molecule has 0 radical (unpaired) electrons. The molecule has 0 saturated carbocycles. The molecule has 1 aromatic carbocycles. The lowest BCUT2D eigenvalue weighted by Gasteiger charge is -2.36. The van der Waals surface area contributed by atoms with Crippen LogP contribution in [0.4, 0.5) is 5.69 Å². The summed E-state index contributed by atoms with van der Waals surface area (Å²) in [6.07, 6.45) is 0.444. The second-order valence-corrected chi connectivity index (χ2v) is 6.71. The Morgan fingerprint density at radius 1 is 1.32 bits per heavy atom. The number of nitrogens with zero attached hydrogens (tertiary/aromatic N) is 1. The second-order valence-electron chi connectivity index (χ2n) is 6.71. The number of benzene rings is 1. The zero-order chi connectivity index (χ0) is 18.8. The first-order valence-corrected chi connectivity index (χ1v) is 8.13. The number of allylic oxidation sites excluding steroid dienone is 1. The molecule has 6 heteroatoms. The molecule has 0 fully saturated rings. The molecular formula is C19H23NO5. The van der Waals surface area contributed by atoms with Crippen LogP contribution in [0.3, 0.4) is 0 Å². The number of ketones is 1. The van der Waals surface area contributed by atoms with Gasteiger partial charge in [0.05, 0.1) is 18.4 Å². The van der Waals surface area contributed by atoms with Crippen molar-refractivity contribution < 1.29 is 24.5 Å². The quantitative estimate of drug-likeness (QED) is 0.643. The molecule has 2 N–H and O–H groups in total. The topological polar surface area (TPSA) is 96.2 Å². The van der Waals surface area contributed by atoms with E-state index >= 15 is 0 Å². The SMILES string of the molecule is CCC(=Nc1ccccc1O)C1=C(O)C(C(=O)OC)C(C)(C)CC1=O. The number of hydrogen-bond donors (Lipinski definition) is 2. The summed E-state index contributed by atoms with van der Waals surface area (Å²) in [6.45, 7) is 5.27. The van der Waals surface area contributed by atoms with E-state index in [1.807, 2.05) is 0 Å². The number of carbonyl (C=O) groups is 2. The van der Waals surface area contributed by atoms with Gasteiger partial charge in [0, 0.05) is 6.42 Å². The molecule has 0 spiro atoms. The van der Waals surface area contributed by atoms with Gasteiger partial charge in [0.2, 0.25) is 0 Å². The number of esters is 1. The Kier molecular flexibility index (Phi) is 5.30. The van der Waals surface area contributed by atoms with E-state index in [9.17, 15) is 19.8 Å². The highest BCUT2D eigenvalue weighted by Gasteiger charge is 2.47. The predicted molar refractivity (Wildman–Crippen MR) is 94.1 cm³/mol. The smallest absolute Gasteiger partial charge is 0.316 e. The average molecular weight is 345 g/mol. The van der Waals surface area contributed by atoms with Gasteiger partial charge in [-0.3, -0.25) is 9.59 Å². The average Bonchev–Trinajstić information content (AvgIpc) is 2.54. The third kappa shape index (κ3) is 3.57. The number of Topliss-reactive ketones (excluding diaryl/α,β-unsaturated/α-hetero) is 1. The van der Waals surface area contributed by atoms with Crippen LogP contribution in [-0.2, 0) is 14.3 Å². The third-order valence-corrected chi connectivity index (χ3v) is 4.40. The minimum absolute atomic E-state index is 0.0263. The van der Waals surface area contributed by atoms with Crippen molar-refractivity contribution >= 4 is 23.2 Å². The summed E-state index contributed by atoms with van der Waals surface area (Å²) in [5.41, 5.74) is -0.0910. The van der Waals surface area contributed by atoms with E-state index in [1.54, 1.807) is 39.0 Å². The van der Waals surface area contributed by atoms with Gasteiger partial charge in [0.25, 0.3) is 0 Å². The van der Waals surface area contributed by atoms with Crippen LogP contribution in [0.1, 0.15) is 33.6 Å². The Bertz CT molecular complexity index is 761. The molecular weight excluding hydrogens is 322 g/mol. The van der Waals surface area contributed by atoms with Crippen LogP contribution < -0.4 is 0 Å². The molecule has 0 aromatic heterocycles. The fourth-order valence-corrected chi connectivity index (χ4v) is 3.13. The van der Waals surface area contributed by atoms with Crippen molar-refractivity contribution in [2.24, 2.45) is 16.3 Å². The van der Waals surface area contributed by atoms with Gasteiger partial charge in [-0.25, -0.2) is 4.99 Å². The van der Waals surface area contributed by atoms with E-state index in [0.29, 0.717) is 17.8 Å². The minimum atomic E-state index is -0.939. The van der Waals surface area contributed by atoms with Crippen LogP contribution in [0.15, 0.2) is 40.6 Å². The number of aliphatic hydroxyl groups is 1. The van der Waals surface area contributed by atoms with E-state index in [2.05, 4.69) is 4.99 Å². The number of rotatable bonds is 4. The molecule has 1 aromatic rings. The molecule has 0 amide bonds. The summed E-state index contributed by atoms with van der Waals surface area (Å²) in [6, 6.07) is 6.47. The van der Waals surface area contributed by atoms with E-state index in [0.717, 1.165) is 0 Å². The van der Waals surface area contributed by atoms with Gasteiger partial charge < -0.3 is 14.9 Å². The van der Waals surface area contributed by atoms with Crippen LogP contribution >= 0.6 is 0 Å². The maximum absolute atomic E-state index is 12.6. The maximum atomic E-state index is 12.6. The highest BCUT2D eigenvalue weighted by Crippen LogP contribution is 2.43. The lowest BCUT2D eigenvalue weighted by Crippen LogP contribution is -2.41. The number of carbonyl (C=O) groups excluding carboxylic acids is 2. The molecule has 25 heavy (non-hydrogen) atoms. The predicted octanol–water partition coefficient (Wildman–Crippen LogP) is 3.48. The van der Waals surface area contributed by atoms with Gasteiger partial charge >= 0.3 is 5.97 Å². The molecule has 1 unspecified atom stereocenters. The number of hydrogen-bond acceptors (Lipinski definition) is 6. The van der Waals surface area contributed by atoms with Crippen molar-refractivity contribution in [3.8, 4) is 5.75 Å². The Balaban J connectivity index is 2.62.